The molecule has 0 aromatic heterocycles. The van der Waals surface area contributed by atoms with Gasteiger partial charge in [0.05, 0.1) is 6.61 Å². The van der Waals surface area contributed by atoms with Crippen molar-refractivity contribution in [1.82, 2.24) is 4.90 Å². The Bertz CT molecular complexity index is 326. The van der Waals surface area contributed by atoms with Crippen LogP contribution in [-0.4, -0.2) is 50.8 Å². The maximum absolute atomic E-state index is 8.99. The van der Waals surface area contributed by atoms with Gasteiger partial charge in [0.1, 0.15) is 0 Å². The quantitative estimate of drug-likeness (QED) is 0.779. The molecule has 0 aliphatic rings. The summed E-state index contributed by atoms with van der Waals surface area (Å²) < 4.78 is 0. The molecule has 1 aromatic rings. The molecule has 0 saturated heterocycles. The minimum Gasteiger partial charge on any atom is -0.395 e. The third-order valence-corrected chi connectivity index (χ3v) is 2.89. The first-order chi connectivity index (χ1) is 8.15. The van der Waals surface area contributed by atoms with Crippen molar-refractivity contribution in [3.05, 3.63) is 29.8 Å². The number of aliphatic hydroxyl groups is 1. The third-order valence-electron chi connectivity index (χ3n) is 2.89. The molecule has 0 unspecified atom stereocenters. The van der Waals surface area contributed by atoms with Gasteiger partial charge in [0.2, 0.25) is 0 Å². The highest BCUT2D eigenvalue weighted by Crippen LogP contribution is 2.20. The van der Waals surface area contributed by atoms with Crippen LogP contribution < -0.4 is 4.90 Å². The average Bonchev–Trinajstić information content (AvgIpc) is 2.29. The summed E-state index contributed by atoms with van der Waals surface area (Å²) in [6, 6.07) is 8.44. The van der Waals surface area contributed by atoms with E-state index in [0.29, 0.717) is 6.54 Å². The molecule has 0 heterocycles. The maximum Gasteiger partial charge on any atom is 0.0606 e. The minimum absolute atomic E-state index is 0.197. The number of para-hydroxylation sites is 1. The van der Waals surface area contributed by atoms with Crippen LogP contribution in [0.25, 0.3) is 0 Å². The normalized spacial score (nSPS) is 10.9. The van der Waals surface area contributed by atoms with Crippen molar-refractivity contribution in [2.45, 2.75) is 12.8 Å². The minimum atomic E-state index is 0.197. The largest absolute Gasteiger partial charge is 0.395 e. The Kier molecular flexibility index (Phi) is 6.01. The maximum atomic E-state index is 8.99. The number of benzene rings is 1. The highest BCUT2D eigenvalue weighted by atomic mass is 16.3. The van der Waals surface area contributed by atoms with Gasteiger partial charge in [-0.25, -0.2) is 0 Å². The van der Waals surface area contributed by atoms with Crippen molar-refractivity contribution in [2.75, 3.05) is 45.7 Å². The molecule has 1 aromatic carbocycles. The zero-order chi connectivity index (χ0) is 12.7. The fourth-order valence-corrected chi connectivity index (χ4v) is 1.95. The monoisotopic (exact) mass is 236 g/mol. The molecule has 1 N–H and O–H groups in total. The van der Waals surface area contributed by atoms with E-state index in [1.54, 1.807) is 0 Å². The average molecular weight is 236 g/mol. The van der Waals surface area contributed by atoms with Gasteiger partial charge in [-0.1, -0.05) is 18.2 Å². The summed E-state index contributed by atoms with van der Waals surface area (Å²) >= 11 is 0. The van der Waals surface area contributed by atoms with Gasteiger partial charge in [0, 0.05) is 19.3 Å². The molecule has 0 atom stereocenters. The molecule has 3 nitrogen and oxygen atoms in total. The number of hydrogen-bond donors (Lipinski definition) is 1. The van der Waals surface area contributed by atoms with E-state index in [0.717, 1.165) is 19.4 Å². The Balaban J connectivity index is 2.63. The number of aryl methyl sites for hydroxylation is 1. The smallest absolute Gasteiger partial charge is 0.0606 e. The van der Waals surface area contributed by atoms with Crippen molar-refractivity contribution in [2.24, 2.45) is 0 Å². The lowest BCUT2D eigenvalue weighted by molar-refractivity contribution is 0.304. The molecule has 0 spiro atoms. The van der Waals surface area contributed by atoms with Crippen LogP contribution in [0.3, 0.4) is 0 Å². The van der Waals surface area contributed by atoms with Gasteiger partial charge in [-0.05, 0) is 45.1 Å². The number of rotatable bonds is 7. The summed E-state index contributed by atoms with van der Waals surface area (Å²) in [6.07, 6.45) is 2.25. The highest BCUT2D eigenvalue weighted by molar-refractivity contribution is 5.53. The molecule has 17 heavy (non-hydrogen) atoms. The zero-order valence-corrected chi connectivity index (χ0v) is 11.2. The second-order valence-corrected chi connectivity index (χ2v) is 4.68. The number of aliphatic hydroxyl groups excluding tert-OH is 1. The molecule has 0 aliphatic carbocycles. The predicted octanol–water partition coefficient (Wildman–Crippen LogP) is 1.61. The van der Waals surface area contributed by atoms with Crippen LogP contribution in [-0.2, 0) is 6.42 Å². The predicted molar refractivity (Wildman–Crippen MR) is 73.7 cm³/mol. The van der Waals surface area contributed by atoms with Crippen molar-refractivity contribution in [3.8, 4) is 0 Å². The van der Waals surface area contributed by atoms with Crippen molar-refractivity contribution < 1.29 is 5.11 Å². The standard InChI is InChI=1S/C14H24N2O/c1-15(2)10-6-8-13-7-4-5-9-14(13)16(3)11-12-17/h4-5,7,9,17H,6,8,10-12H2,1-3H3. The van der Waals surface area contributed by atoms with Gasteiger partial charge >= 0.3 is 0 Å². The molecule has 0 aliphatic heterocycles. The van der Waals surface area contributed by atoms with Crippen LogP contribution in [0.2, 0.25) is 0 Å². The van der Waals surface area contributed by atoms with E-state index in [9.17, 15) is 0 Å². The van der Waals surface area contributed by atoms with E-state index in [2.05, 4.69) is 48.2 Å². The summed E-state index contributed by atoms with van der Waals surface area (Å²) in [7, 11) is 6.23. The molecule has 0 amide bonds. The first-order valence-corrected chi connectivity index (χ1v) is 6.19. The summed E-state index contributed by atoms with van der Waals surface area (Å²) in [5.41, 5.74) is 2.60. The summed E-state index contributed by atoms with van der Waals surface area (Å²) in [5, 5.41) is 8.99. The van der Waals surface area contributed by atoms with Crippen LogP contribution in [0, 0.1) is 0 Å². The number of anilines is 1. The molecule has 0 radical (unpaired) electrons. The molecular weight excluding hydrogens is 212 g/mol. The van der Waals surface area contributed by atoms with E-state index in [1.165, 1.54) is 11.3 Å². The van der Waals surface area contributed by atoms with Crippen LogP contribution >= 0.6 is 0 Å². The van der Waals surface area contributed by atoms with Crippen molar-refractivity contribution in [1.29, 1.82) is 0 Å². The second-order valence-electron chi connectivity index (χ2n) is 4.68. The fraction of sp³-hybridized carbons (Fsp3) is 0.571. The Morgan fingerprint density at radius 3 is 2.41 bits per heavy atom. The molecule has 1 rings (SSSR count). The number of nitrogens with zero attached hydrogens (tertiary/aromatic N) is 2. The number of likely N-dealkylation sites (N-methyl/N-ethyl adjacent to an activating group) is 1. The first kappa shape index (κ1) is 14.0. The molecule has 0 bridgehead atoms. The topological polar surface area (TPSA) is 26.7 Å². The SMILES string of the molecule is CN(C)CCCc1ccccc1N(C)CCO. The summed E-state index contributed by atoms with van der Waals surface area (Å²) in [4.78, 5) is 4.32. The Morgan fingerprint density at radius 1 is 1.06 bits per heavy atom. The van der Waals surface area contributed by atoms with Crippen LogP contribution in [0.5, 0.6) is 0 Å². The Hall–Kier alpha value is -1.06. The molecule has 0 saturated carbocycles. The van der Waals surface area contributed by atoms with Gasteiger partial charge in [-0.15, -0.1) is 0 Å². The second kappa shape index (κ2) is 7.30. The third kappa shape index (κ3) is 4.75. The van der Waals surface area contributed by atoms with E-state index < -0.39 is 0 Å². The van der Waals surface area contributed by atoms with Gasteiger partial charge in [-0.2, -0.15) is 0 Å². The molecule has 3 heteroatoms. The van der Waals surface area contributed by atoms with E-state index >= 15 is 0 Å². The van der Waals surface area contributed by atoms with Crippen LogP contribution in [0.1, 0.15) is 12.0 Å². The van der Waals surface area contributed by atoms with E-state index in [1.807, 2.05) is 7.05 Å². The van der Waals surface area contributed by atoms with E-state index in [4.69, 9.17) is 5.11 Å². The summed E-state index contributed by atoms with van der Waals surface area (Å²) in [5.74, 6) is 0. The van der Waals surface area contributed by atoms with Crippen LogP contribution in [0.15, 0.2) is 24.3 Å². The van der Waals surface area contributed by atoms with Crippen molar-refractivity contribution >= 4 is 5.69 Å². The zero-order valence-electron chi connectivity index (χ0n) is 11.2. The van der Waals surface area contributed by atoms with Crippen LogP contribution in [0.4, 0.5) is 5.69 Å². The van der Waals surface area contributed by atoms with Gasteiger partial charge in [0.25, 0.3) is 0 Å². The van der Waals surface area contributed by atoms with Gasteiger partial charge < -0.3 is 14.9 Å². The Morgan fingerprint density at radius 2 is 1.76 bits per heavy atom. The first-order valence-electron chi connectivity index (χ1n) is 6.19. The van der Waals surface area contributed by atoms with Gasteiger partial charge in [-0.3, -0.25) is 0 Å². The highest BCUT2D eigenvalue weighted by Gasteiger charge is 2.06. The molecule has 96 valence electrons. The van der Waals surface area contributed by atoms with E-state index in [-0.39, 0.29) is 6.61 Å². The lowest BCUT2D eigenvalue weighted by atomic mass is 10.1. The summed E-state index contributed by atoms with van der Waals surface area (Å²) in [6.45, 7) is 1.99. The Labute approximate surface area is 105 Å². The molecule has 0 fully saturated rings. The fourth-order valence-electron chi connectivity index (χ4n) is 1.95. The molecular formula is C14H24N2O. The lowest BCUT2D eigenvalue weighted by Gasteiger charge is -2.21. The number of hydrogen-bond acceptors (Lipinski definition) is 3. The van der Waals surface area contributed by atoms with Gasteiger partial charge in [0.15, 0.2) is 0 Å². The van der Waals surface area contributed by atoms with Crippen molar-refractivity contribution in [3.63, 3.8) is 0 Å². The lowest BCUT2D eigenvalue weighted by Crippen LogP contribution is -2.22.